The summed E-state index contributed by atoms with van der Waals surface area (Å²) in [5.41, 5.74) is 0.553. The molecule has 1 N–H and O–H groups in total. The summed E-state index contributed by atoms with van der Waals surface area (Å²) in [6.07, 6.45) is 0.206. The third kappa shape index (κ3) is 6.32. The first kappa shape index (κ1) is 17.1. The molecule has 0 aliphatic rings. The highest BCUT2D eigenvalue weighted by molar-refractivity contribution is 7.89. The van der Waals surface area contributed by atoms with E-state index in [-0.39, 0.29) is 30.8 Å². The second-order valence-electron chi connectivity index (χ2n) is 4.24. The van der Waals surface area contributed by atoms with Crippen LogP contribution in [0, 0.1) is 10.1 Å². The highest BCUT2D eigenvalue weighted by atomic mass is 32.2. The van der Waals surface area contributed by atoms with Gasteiger partial charge < -0.3 is 4.74 Å². The summed E-state index contributed by atoms with van der Waals surface area (Å²) in [6, 6.07) is 5.58. The van der Waals surface area contributed by atoms with E-state index in [1.165, 1.54) is 31.4 Å². The zero-order chi connectivity index (χ0) is 15.9. The number of methoxy groups -OCH3 is 1. The monoisotopic (exact) mass is 316 g/mol. The van der Waals surface area contributed by atoms with E-state index in [0.717, 1.165) is 0 Å². The first-order valence-electron chi connectivity index (χ1n) is 6.11. The number of nitro benzene ring substituents is 1. The largest absolute Gasteiger partial charge is 0.469 e. The molecular formula is C12H16N2O6S. The van der Waals surface area contributed by atoms with Crippen molar-refractivity contribution in [1.29, 1.82) is 0 Å². The summed E-state index contributed by atoms with van der Waals surface area (Å²) in [5, 5.41) is 10.5. The number of nitrogens with zero attached hydrogens (tertiary/aromatic N) is 1. The van der Waals surface area contributed by atoms with Crippen molar-refractivity contribution in [2.24, 2.45) is 0 Å². The van der Waals surface area contributed by atoms with Gasteiger partial charge in [0.05, 0.1) is 17.8 Å². The zero-order valence-corrected chi connectivity index (χ0v) is 12.3. The van der Waals surface area contributed by atoms with Crippen molar-refractivity contribution in [3.63, 3.8) is 0 Å². The molecule has 0 radical (unpaired) electrons. The van der Waals surface area contributed by atoms with Gasteiger partial charge in [0, 0.05) is 25.1 Å². The number of ether oxygens (including phenoxy) is 1. The van der Waals surface area contributed by atoms with Crippen LogP contribution >= 0.6 is 0 Å². The number of rotatable bonds is 8. The van der Waals surface area contributed by atoms with Crippen LogP contribution in [-0.4, -0.2) is 32.2 Å². The van der Waals surface area contributed by atoms with Gasteiger partial charge in [-0.3, -0.25) is 14.9 Å². The molecule has 0 aromatic heterocycles. The Kier molecular flexibility index (Phi) is 6.25. The van der Waals surface area contributed by atoms with Crippen molar-refractivity contribution < 1.29 is 22.9 Å². The molecule has 0 bridgehead atoms. The highest BCUT2D eigenvalue weighted by Gasteiger charge is 2.12. The minimum atomic E-state index is -3.50. The van der Waals surface area contributed by atoms with E-state index in [1.54, 1.807) is 0 Å². The molecule has 0 atom stereocenters. The summed E-state index contributed by atoms with van der Waals surface area (Å²) in [5.74, 6) is -0.643. The van der Waals surface area contributed by atoms with Crippen LogP contribution in [0.5, 0.6) is 0 Å². The summed E-state index contributed by atoms with van der Waals surface area (Å²) in [4.78, 5) is 20.8. The SMILES string of the molecule is COC(=O)CCCS(=O)(=O)NCc1ccc([N+](=O)[O-])cc1. The second kappa shape index (κ2) is 7.70. The Morgan fingerprint density at radius 1 is 1.33 bits per heavy atom. The summed E-state index contributed by atoms with van der Waals surface area (Å²) in [7, 11) is -2.26. The molecule has 0 spiro atoms. The normalized spacial score (nSPS) is 11.1. The molecule has 8 nitrogen and oxygen atoms in total. The van der Waals surface area contributed by atoms with Crippen LogP contribution in [0.25, 0.3) is 0 Å². The van der Waals surface area contributed by atoms with Gasteiger partial charge in [0.15, 0.2) is 0 Å². The Bertz CT molecular complexity index is 597. The van der Waals surface area contributed by atoms with Gasteiger partial charge in [0.2, 0.25) is 10.0 Å². The molecule has 0 heterocycles. The van der Waals surface area contributed by atoms with Gasteiger partial charge in [-0.1, -0.05) is 12.1 Å². The van der Waals surface area contributed by atoms with Crippen LogP contribution in [0.15, 0.2) is 24.3 Å². The first-order valence-corrected chi connectivity index (χ1v) is 7.77. The quantitative estimate of drug-likeness (QED) is 0.434. The van der Waals surface area contributed by atoms with E-state index < -0.39 is 20.9 Å². The van der Waals surface area contributed by atoms with Crippen LogP contribution in [-0.2, 0) is 26.1 Å². The van der Waals surface area contributed by atoms with Gasteiger partial charge >= 0.3 is 5.97 Å². The van der Waals surface area contributed by atoms with Crippen LogP contribution in [0.4, 0.5) is 5.69 Å². The molecule has 0 saturated heterocycles. The fourth-order valence-corrected chi connectivity index (χ4v) is 2.56. The fourth-order valence-electron chi connectivity index (χ4n) is 1.51. The maximum absolute atomic E-state index is 11.7. The van der Waals surface area contributed by atoms with Crippen molar-refractivity contribution in [3.05, 3.63) is 39.9 Å². The van der Waals surface area contributed by atoms with E-state index >= 15 is 0 Å². The van der Waals surface area contributed by atoms with Crippen LogP contribution < -0.4 is 4.72 Å². The number of hydrogen-bond donors (Lipinski definition) is 1. The van der Waals surface area contributed by atoms with E-state index in [9.17, 15) is 23.3 Å². The van der Waals surface area contributed by atoms with Crippen LogP contribution in [0.1, 0.15) is 18.4 Å². The lowest BCUT2D eigenvalue weighted by Gasteiger charge is -2.06. The summed E-state index contributed by atoms with van der Waals surface area (Å²) < 4.78 is 30.1. The minimum absolute atomic E-state index is 0.0366. The maximum Gasteiger partial charge on any atom is 0.305 e. The minimum Gasteiger partial charge on any atom is -0.469 e. The van der Waals surface area contributed by atoms with Crippen molar-refractivity contribution in [2.75, 3.05) is 12.9 Å². The number of non-ortho nitro benzene ring substituents is 1. The number of hydrogen-bond acceptors (Lipinski definition) is 6. The van der Waals surface area contributed by atoms with Crippen LogP contribution in [0.2, 0.25) is 0 Å². The van der Waals surface area contributed by atoms with Gasteiger partial charge in [0.25, 0.3) is 5.69 Å². The summed E-state index contributed by atoms with van der Waals surface area (Å²) >= 11 is 0. The van der Waals surface area contributed by atoms with Gasteiger partial charge in [-0.15, -0.1) is 0 Å². The molecule has 0 saturated carbocycles. The topological polar surface area (TPSA) is 116 Å². The molecule has 21 heavy (non-hydrogen) atoms. The molecule has 1 rings (SSSR count). The van der Waals surface area contributed by atoms with Crippen LogP contribution in [0.3, 0.4) is 0 Å². The van der Waals surface area contributed by atoms with Crippen molar-refractivity contribution in [1.82, 2.24) is 4.72 Å². The number of benzene rings is 1. The van der Waals surface area contributed by atoms with Gasteiger partial charge in [0.1, 0.15) is 0 Å². The fraction of sp³-hybridized carbons (Fsp3) is 0.417. The molecule has 116 valence electrons. The van der Waals surface area contributed by atoms with E-state index in [0.29, 0.717) is 5.56 Å². The standard InChI is InChI=1S/C12H16N2O6S/c1-20-12(15)3-2-8-21(18,19)13-9-10-4-6-11(7-5-10)14(16)17/h4-7,13H,2-3,8-9H2,1H3. The predicted molar refractivity (Wildman–Crippen MR) is 75.0 cm³/mol. The third-order valence-electron chi connectivity index (χ3n) is 2.67. The van der Waals surface area contributed by atoms with Gasteiger partial charge in [-0.05, 0) is 12.0 Å². The lowest BCUT2D eigenvalue weighted by Crippen LogP contribution is -2.26. The van der Waals surface area contributed by atoms with Gasteiger partial charge in [-0.25, -0.2) is 13.1 Å². The zero-order valence-electron chi connectivity index (χ0n) is 11.4. The Labute approximate surface area is 122 Å². The van der Waals surface area contributed by atoms with Crippen molar-refractivity contribution >= 4 is 21.7 Å². The Morgan fingerprint density at radius 2 is 1.95 bits per heavy atom. The number of esters is 1. The Hall–Kier alpha value is -2.00. The number of nitro groups is 1. The molecule has 1 aromatic rings. The first-order chi connectivity index (χ1) is 9.84. The number of nitrogens with one attached hydrogen (secondary N) is 1. The number of carbonyl (C=O) groups excluding carboxylic acids is 1. The van der Waals surface area contributed by atoms with E-state index in [1.807, 2.05) is 0 Å². The summed E-state index contributed by atoms with van der Waals surface area (Å²) in [6.45, 7) is 0.0402. The van der Waals surface area contributed by atoms with Crippen molar-refractivity contribution in [2.45, 2.75) is 19.4 Å². The molecule has 0 aliphatic heterocycles. The average molecular weight is 316 g/mol. The maximum atomic E-state index is 11.7. The molecule has 9 heteroatoms. The average Bonchev–Trinajstić information content (AvgIpc) is 2.45. The Balaban J connectivity index is 2.45. The van der Waals surface area contributed by atoms with E-state index in [2.05, 4.69) is 9.46 Å². The molecule has 0 amide bonds. The predicted octanol–water partition coefficient (Wildman–Crippen LogP) is 0.967. The molecular weight excluding hydrogens is 300 g/mol. The molecule has 0 unspecified atom stereocenters. The molecule has 0 fully saturated rings. The molecule has 0 aliphatic carbocycles. The lowest BCUT2D eigenvalue weighted by atomic mass is 10.2. The van der Waals surface area contributed by atoms with E-state index in [4.69, 9.17) is 0 Å². The Morgan fingerprint density at radius 3 is 2.48 bits per heavy atom. The second-order valence-corrected chi connectivity index (χ2v) is 6.17. The highest BCUT2D eigenvalue weighted by Crippen LogP contribution is 2.12. The lowest BCUT2D eigenvalue weighted by molar-refractivity contribution is -0.384. The van der Waals surface area contributed by atoms with Crippen molar-refractivity contribution in [3.8, 4) is 0 Å². The number of carbonyl (C=O) groups is 1. The number of sulfonamides is 1. The molecule has 1 aromatic carbocycles. The third-order valence-corrected chi connectivity index (χ3v) is 4.08. The smallest absolute Gasteiger partial charge is 0.305 e. The van der Waals surface area contributed by atoms with Gasteiger partial charge in [-0.2, -0.15) is 0 Å².